The smallest absolute Gasteiger partial charge is 0.298 e. The summed E-state index contributed by atoms with van der Waals surface area (Å²) in [5.74, 6) is 0.0568. The summed E-state index contributed by atoms with van der Waals surface area (Å²) in [4.78, 5) is 28.3. The fourth-order valence-electron chi connectivity index (χ4n) is 3.46. The maximum absolute atomic E-state index is 13.1. The average molecular weight is 429 g/mol. The predicted molar refractivity (Wildman–Crippen MR) is 123 cm³/mol. The van der Waals surface area contributed by atoms with E-state index in [4.69, 9.17) is 4.74 Å². The summed E-state index contributed by atoms with van der Waals surface area (Å²) in [5, 5.41) is 23.4. The second kappa shape index (κ2) is 8.73. The fourth-order valence-corrected chi connectivity index (χ4v) is 3.46. The Bertz CT molecular complexity index is 1390. The standard InChI is InChI=1S/C24H19N3O5/c1-2-32-17-12-13-21(22(14-17)27(30)31)25-15-20-18-10-6-7-11-19(18)23(28)26(24(20)29)16-8-4-3-5-9-16/h3-15,29H,2H2,1H3. The first-order chi connectivity index (χ1) is 15.5. The molecular formula is C24H19N3O5. The number of aliphatic imine (C=N–C) groups is 1. The Morgan fingerprint density at radius 3 is 2.44 bits per heavy atom. The molecule has 0 radical (unpaired) electrons. The Kier molecular flexibility index (Phi) is 5.67. The molecule has 8 nitrogen and oxygen atoms in total. The van der Waals surface area contributed by atoms with Crippen LogP contribution in [0.1, 0.15) is 12.5 Å². The van der Waals surface area contributed by atoms with Gasteiger partial charge in [-0.2, -0.15) is 0 Å². The van der Waals surface area contributed by atoms with Crippen LogP contribution in [0, 0.1) is 10.1 Å². The van der Waals surface area contributed by atoms with E-state index in [1.54, 1.807) is 67.6 Å². The monoisotopic (exact) mass is 429 g/mol. The average Bonchev–Trinajstić information content (AvgIpc) is 2.80. The lowest BCUT2D eigenvalue weighted by molar-refractivity contribution is -0.384. The molecule has 1 aromatic heterocycles. The van der Waals surface area contributed by atoms with E-state index in [1.807, 2.05) is 0 Å². The summed E-state index contributed by atoms with van der Waals surface area (Å²) < 4.78 is 6.53. The molecule has 0 aliphatic carbocycles. The molecule has 0 saturated carbocycles. The molecule has 8 heteroatoms. The maximum Gasteiger partial charge on any atom is 0.298 e. The number of nitro benzene ring substituents is 1. The zero-order chi connectivity index (χ0) is 22.7. The van der Waals surface area contributed by atoms with Crippen molar-refractivity contribution in [2.75, 3.05) is 6.61 Å². The summed E-state index contributed by atoms with van der Waals surface area (Å²) in [6.07, 6.45) is 1.33. The van der Waals surface area contributed by atoms with Crippen molar-refractivity contribution in [2.24, 2.45) is 4.99 Å². The number of para-hydroxylation sites is 1. The van der Waals surface area contributed by atoms with E-state index < -0.39 is 4.92 Å². The van der Waals surface area contributed by atoms with Gasteiger partial charge in [-0.1, -0.05) is 36.4 Å². The lowest BCUT2D eigenvalue weighted by Crippen LogP contribution is -2.20. The summed E-state index contributed by atoms with van der Waals surface area (Å²) in [7, 11) is 0. The lowest BCUT2D eigenvalue weighted by atomic mass is 10.1. The SMILES string of the molecule is CCOc1ccc(N=Cc2c(O)n(-c3ccccc3)c(=O)c3ccccc23)c([N+](=O)[O-])c1. The number of aromatic nitrogens is 1. The molecule has 0 fully saturated rings. The number of hydrogen-bond donors (Lipinski definition) is 1. The highest BCUT2D eigenvalue weighted by molar-refractivity contribution is 6.02. The highest BCUT2D eigenvalue weighted by atomic mass is 16.6. The third-order valence-corrected chi connectivity index (χ3v) is 4.91. The molecule has 1 heterocycles. The second-order valence-electron chi connectivity index (χ2n) is 6.86. The van der Waals surface area contributed by atoms with Gasteiger partial charge in [-0.05, 0) is 37.3 Å². The fraction of sp³-hybridized carbons (Fsp3) is 0.0833. The number of hydrogen-bond acceptors (Lipinski definition) is 6. The summed E-state index contributed by atoms with van der Waals surface area (Å²) in [6, 6.07) is 19.9. The van der Waals surface area contributed by atoms with Gasteiger partial charge < -0.3 is 9.84 Å². The molecule has 32 heavy (non-hydrogen) atoms. The minimum atomic E-state index is -0.544. The Morgan fingerprint density at radius 2 is 1.75 bits per heavy atom. The summed E-state index contributed by atoms with van der Waals surface area (Å²) in [5.41, 5.74) is 0.245. The van der Waals surface area contributed by atoms with E-state index in [0.29, 0.717) is 28.8 Å². The summed E-state index contributed by atoms with van der Waals surface area (Å²) in [6.45, 7) is 2.16. The molecule has 4 rings (SSSR count). The van der Waals surface area contributed by atoms with Crippen LogP contribution in [0.5, 0.6) is 11.6 Å². The lowest BCUT2D eigenvalue weighted by Gasteiger charge is -2.13. The van der Waals surface area contributed by atoms with Crippen molar-refractivity contribution in [2.45, 2.75) is 6.92 Å². The van der Waals surface area contributed by atoms with Gasteiger partial charge in [0.2, 0.25) is 5.88 Å². The van der Waals surface area contributed by atoms with E-state index in [1.165, 1.54) is 22.9 Å². The Labute approximate surface area is 182 Å². The number of aromatic hydroxyl groups is 1. The Hall–Kier alpha value is -4.46. The van der Waals surface area contributed by atoms with Crippen molar-refractivity contribution in [3.63, 3.8) is 0 Å². The van der Waals surface area contributed by atoms with Crippen molar-refractivity contribution in [1.82, 2.24) is 4.57 Å². The van der Waals surface area contributed by atoms with E-state index in [-0.39, 0.29) is 28.4 Å². The molecule has 0 spiro atoms. The van der Waals surface area contributed by atoms with Gasteiger partial charge in [0.25, 0.3) is 11.2 Å². The van der Waals surface area contributed by atoms with Gasteiger partial charge in [-0.15, -0.1) is 0 Å². The molecule has 0 saturated heterocycles. The van der Waals surface area contributed by atoms with E-state index in [9.17, 15) is 20.0 Å². The van der Waals surface area contributed by atoms with Crippen LogP contribution in [-0.4, -0.2) is 27.4 Å². The van der Waals surface area contributed by atoms with Gasteiger partial charge in [0.1, 0.15) is 11.4 Å². The van der Waals surface area contributed by atoms with E-state index in [0.717, 1.165) is 0 Å². The molecule has 0 atom stereocenters. The number of rotatable bonds is 6. The molecule has 3 aromatic carbocycles. The third-order valence-electron chi connectivity index (χ3n) is 4.91. The number of nitrogens with zero attached hydrogens (tertiary/aromatic N) is 3. The van der Waals surface area contributed by atoms with Crippen LogP contribution in [0.4, 0.5) is 11.4 Å². The molecule has 0 aliphatic rings. The first kappa shape index (κ1) is 20.8. The van der Waals surface area contributed by atoms with Crippen LogP contribution in [0.3, 0.4) is 0 Å². The van der Waals surface area contributed by atoms with Crippen LogP contribution in [-0.2, 0) is 0 Å². The molecule has 0 bridgehead atoms. The molecule has 0 amide bonds. The van der Waals surface area contributed by atoms with E-state index >= 15 is 0 Å². The minimum Gasteiger partial charge on any atom is -0.494 e. The third kappa shape index (κ3) is 3.81. The van der Waals surface area contributed by atoms with Crippen molar-refractivity contribution in [1.29, 1.82) is 0 Å². The molecule has 160 valence electrons. The van der Waals surface area contributed by atoms with Gasteiger partial charge in [-0.3, -0.25) is 14.9 Å². The molecule has 1 N–H and O–H groups in total. The summed E-state index contributed by atoms with van der Waals surface area (Å²) >= 11 is 0. The topological polar surface area (TPSA) is 107 Å². The zero-order valence-electron chi connectivity index (χ0n) is 17.1. The van der Waals surface area contributed by atoms with Gasteiger partial charge in [0, 0.05) is 17.0 Å². The highest BCUT2D eigenvalue weighted by Crippen LogP contribution is 2.32. The van der Waals surface area contributed by atoms with Crippen molar-refractivity contribution < 1.29 is 14.8 Å². The van der Waals surface area contributed by atoms with Crippen molar-refractivity contribution in [3.05, 3.63) is 98.8 Å². The first-order valence-electron chi connectivity index (χ1n) is 9.88. The zero-order valence-corrected chi connectivity index (χ0v) is 17.1. The quantitative estimate of drug-likeness (QED) is 0.270. The van der Waals surface area contributed by atoms with Crippen LogP contribution < -0.4 is 10.3 Å². The van der Waals surface area contributed by atoms with Gasteiger partial charge in [0.05, 0.1) is 28.8 Å². The molecule has 4 aromatic rings. The van der Waals surface area contributed by atoms with E-state index in [2.05, 4.69) is 4.99 Å². The highest BCUT2D eigenvalue weighted by Gasteiger charge is 2.18. The van der Waals surface area contributed by atoms with Crippen LogP contribution in [0.15, 0.2) is 82.6 Å². The van der Waals surface area contributed by atoms with Gasteiger partial charge in [-0.25, -0.2) is 9.56 Å². The van der Waals surface area contributed by atoms with Crippen LogP contribution >= 0.6 is 0 Å². The largest absolute Gasteiger partial charge is 0.494 e. The van der Waals surface area contributed by atoms with Crippen molar-refractivity contribution >= 4 is 28.4 Å². The molecule has 0 aliphatic heterocycles. The first-order valence-corrected chi connectivity index (χ1v) is 9.88. The maximum atomic E-state index is 13.1. The van der Waals surface area contributed by atoms with Gasteiger partial charge in [0.15, 0.2) is 0 Å². The minimum absolute atomic E-state index is 0.0967. The number of fused-ring (bicyclic) bond motifs is 1. The van der Waals surface area contributed by atoms with Gasteiger partial charge >= 0.3 is 0 Å². The second-order valence-corrected chi connectivity index (χ2v) is 6.86. The Balaban J connectivity index is 1.92. The van der Waals surface area contributed by atoms with Crippen molar-refractivity contribution in [3.8, 4) is 17.3 Å². The normalized spacial score (nSPS) is 11.2. The molecule has 0 unspecified atom stereocenters. The number of pyridine rings is 1. The number of benzene rings is 3. The number of ether oxygens (including phenoxy) is 1. The molecular weight excluding hydrogens is 410 g/mol. The predicted octanol–water partition coefficient (Wildman–Crippen LogP) is 4.75. The number of nitro groups is 1. The van der Waals surface area contributed by atoms with Crippen LogP contribution in [0.2, 0.25) is 0 Å². The van der Waals surface area contributed by atoms with Crippen LogP contribution in [0.25, 0.3) is 16.5 Å². The Morgan fingerprint density at radius 1 is 1.06 bits per heavy atom.